The number of hydrogen-bond acceptors (Lipinski definition) is 3. The number of hydrogen-bond donors (Lipinski definition) is 0. The number of furan rings is 2. The van der Waals surface area contributed by atoms with Crippen molar-refractivity contribution in [3.8, 4) is 66.8 Å². The summed E-state index contributed by atoms with van der Waals surface area (Å²) in [5.74, 6) is 0. The molecule has 3 nitrogen and oxygen atoms in total. The molecule has 0 saturated carbocycles. The summed E-state index contributed by atoms with van der Waals surface area (Å²) < 4.78 is 13.1. The van der Waals surface area contributed by atoms with E-state index in [9.17, 15) is 0 Å². The number of fused-ring (bicyclic) bond motifs is 16. The van der Waals surface area contributed by atoms with Crippen molar-refractivity contribution < 1.29 is 8.83 Å². The molecule has 0 fully saturated rings. The van der Waals surface area contributed by atoms with E-state index in [0.717, 1.165) is 99.3 Å². The van der Waals surface area contributed by atoms with Crippen LogP contribution >= 0.6 is 0 Å². The van der Waals surface area contributed by atoms with Crippen LogP contribution in [-0.4, -0.2) is 4.98 Å². The van der Waals surface area contributed by atoms with Gasteiger partial charge in [0.05, 0.1) is 5.52 Å². The highest BCUT2D eigenvalue weighted by Crippen LogP contribution is 2.51. The van der Waals surface area contributed by atoms with Crippen LogP contribution in [0.5, 0.6) is 0 Å². The summed E-state index contributed by atoms with van der Waals surface area (Å²) in [5.41, 5.74) is 18.3. The van der Waals surface area contributed by atoms with Crippen molar-refractivity contribution in [3.05, 3.63) is 176 Å². The molecular weight excluding hydrogens is 659 g/mol. The van der Waals surface area contributed by atoms with Crippen LogP contribution in [0.15, 0.2) is 185 Å². The first kappa shape index (κ1) is 29.4. The summed E-state index contributed by atoms with van der Waals surface area (Å²) in [4.78, 5) is 5.03. The predicted octanol–water partition coefficient (Wildman–Crippen LogP) is 14.3. The van der Waals surface area contributed by atoms with Gasteiger partial charge in [0.1, 0.15) is 22.3 Å². The molecule has 0 bridgehead atoms. The van der Waals surface area contributed by atoms with E-state index in [4.69, 9.17) is 13.8 Å². The van der Waals surface area contributed by atoms with Gasteiger partial charge in [0.15, 0.2) is 0 Å². The van der Waals surface area contributed by atoms with E-state index in [-0.39, 0.29) is 0 Å². The third-order valence-electron chi connectivity index (χ3n) is 11.3. The van der Waals surface area contributed by atoms with Crippen molar-refractivity contribution in [3.63, 3.8) is 0 Å². The van der Waals surface area contributed by atoms with Gasteiger partial charge in [-0.15, -0.1) is 0 Å². The van der Waals surface area contributed by atoms with Crippen LogP contribution in [0.4, 0.5) is 0 Å². The molecule has 3 heteroatoms. The van der Waals surface area contributed by atoms with Crippen molar-refractivity contribution >= 4 is 54.8 Å². The molecule has 3 aromatic heterocycles. The Morgan fingerprint density at radius 3 is 1.48 bits per heavy atom. The highest BCUT2D eigenvalue weighted by molar-refractivity contribution is 6.14. The lowest BCUT2D eigenvalue weighted by Gasteiger charge is -2.25. The minimum absolute atomic E-state index is 0.897. The first-order valence-corrected chi connectivity index (χ1v) is 18.4. The van der Waals surface area contributed by atoms with E-state index < -0.39 is 0 Å². The van der Waals surface area contributed by atoms with Crippen LogP contribution in [0.2, 0.25) is 0 Å². The Morgan fingerprint density at radius 2 is 0.833 bits per heavy atom. The van der Waals surface area contributed by atoms with Crippen LogP contribution < -0.4 is 0 Å². The first-order chi connectivity index (χ1) is 26.8. The van der Waals surface area contributed by atoms with Crippen LogP contribution in [0.25, 0.3) is 122 Å². The van der Waals surface area contributed by atoms with Gasteiger partial charge in [-0.2, -0.15) is 0 Å². The molecule has 54 heavy (non-hydrogen) atoms. The molecule has 250 valence electrons. The molecular formula is C51H29NO2. The molecule has 0 spiro atoms. The van der Waals surface area contributed by atoms with Crippen LogP contribution in [0.3, 0.4) is 0 Å². The molecule has 11 aromatic rings. The third kappa shape index (κ3) is 4.15. The van der Waals surface area contributed by atoms with Gasteiger partial charge in [-0.05, 0) is 80.4 Å². The van der Waals surface area contributed by atoms with Crippen molar-refractivity contribution in [1.82, 2.24) is 4.98 Å². The lowest BCUT2D eigenvalue weighted by molar-refractivity contribution is 0.669. The summed E-state index contributed by atoms with van der Waals surface area (Å²) in [6, 6.07) is 60.8. The van der Waals surface area contributed by atoms with Gasteiger partial charge in [0.2, 0.25) is 0 Å². The third-order valence-corrected chi connectivity index (χ3v) is 11.3. The second-order valence-electron chi connectivity index (χ2n) is 14.2. The van der Waals surface area contributed by atoms with Crippen molar-refractivity contribution in [1.29, 1.82) is 0 Å². The van der Waals surface area contributed by atoms with Crippen molar-refractivity contribution in [2.24, 2.45) is 0 Å². The maximum atomic E-state index is 6.54. The minimum atomic E-state index is 0.897. The second kappa shape index (κ2) is 11.1. The molecule has 1 aliphatic rings. The molecule has 12 rings (SSSR count). The van der Waals surface area contributed by atoms with Gasteiger partial charge < -0.3 is 8.83 Å². The normalized spacial score (nSPS) is 12.1. The fraction of sp³-hybridized carbons (Fsp3) is 0. The predicted molar refractivity (Wildman–Crippen MR) is 222 cm³/mol. The monoisotopic (exact) mass is 687 g/mol. The molecule has 1 aliphatic carbocycles. The molecule has 0 aliphatic heterocycles. The summed E-state index contributed by atoms with van der Waals surface area (Å²) in [6.45, 7) is 0. The van der Waals surface area contributed by atoms with Gasteiger partial charge in [0, 0.05) is 49.8 Å². The Hall–Kier alpha value is -7.23. The first-order valence-electron chi connectivity index (χ1n) is 18.4. The smallest absolute Gasteiger partial charge is 0.143 e. The molecule has 0 saturated heterocycles. The fourth-order valence-electron chi connectivity index (χ4n) is 8.87. The molecule has 3 heterocycles. The summed E-state index contributed by atoms with van der Waals surface area (Å²) in [7, 11) is 0. The number of para-hydroxylation sites is 4. The Balaban J connectivity index is 1.16. The lowest BCUT2D eigenvalue weighted by Crippen LogP contribution is -1.99. The van der Waals surface area contributed by atoms with E-state index in [1.54, 1.807) is 0 Å². The van der Waals surface area contributed by atoms with E-state index in [0.29, 0.717) is 0 Å². The summed E-state index contributed by atoms with van der Waals surface area (Å²) in [5, 5.41) is 5.62. The number of nitrogens with zero attached hydrogens (tertiary/aromatic N) is 1. The van der Waals surface area contributed by atoms with E-state index >= 15 is 0 Å². The summed E-state index contributed by atoms with van der Waals surface area (Å²) in [6.07, 6.45) is 1.91. The average molecular weight is 688 g/mol. The maximum absolute atomic E-state index is 6.54. The van der Waals surface area contributed by atoms with Crippen LogP contribution in [-0.2, 0) is 0 Å². The van der Waals surface area contributed by atoms with Crippen molar-refractivity contribution in [2.45, 2.75) is 0 Å². The van der Waals surface area contributed by atoms with E-state index in [1.807, 2.05) is 36.5 Å². The standard InChI is InChI=1S/C51H29NO2/c1-2-14-40-35(11-1)44-28-31(33-15-7-17-42-38-12-3-5-19-46(38)53-50(33)42)22-24-36(44)37-25-23-32(29-45(37)41-26-21-30-10-9-27-52-49(30)48(40)41)34-16-8-18-43-39-13-4-6-20-47(39)54-51(34)43/h1-29H. The largest absolute Gasteiger partial charge is 0.455 e. The topological polar surface area (TPSA) is 39.2 Å². The van der Waals surface area contributed by atoms with Gasteiger partial charge in [0.25, 0.3) is 0 Å². The fourth-order valence-corrected chi connectivity index (χ4v) is 8.87. The molecule has 0 unspecified atom stereocenters. The SMILES string of the molecule is c1ccc2c(c1)-c1cc(-c3cccc4c3oc3ccccc34)ccc1-c1ccc(-c3cccc4c3oc3ccccc34)cc1-c1ccc3cccnc3c1-2. The average Bonchev–Trinajstić information content (AvgIpc) is 3.81. The Morgan fingerprint density at radius 1 is 0.333 bits per heavy atom. The van der Waals surface area contributed by atoms with Crippen LogP contribution in [0, 0.1) is 0 Å². The molecule has 0 atom stereocenters. The Labute approximate surface area is 310 Å². The van der Waals surface area contributed by atoms with Gasteiger partial charge in [-0.25, -0.2) is 0 Å². The van der Waals surface area contributed by atoms with Crippen molar-refractivity contribution in [2.75, 3.05) is 0 Å². The van der Waals surface area contributed by atoms with Gasteiger partial charge in [-0.3, -0.25) is 4.98 Å². The lowest BCUT2D eigenvalue weighted by atomic mass is 9.78. The van der Waals surface area contributed by atoms with E-state index in [2.05, 4.69) is 140 Å². The van der Waals surface area contributed by atoms with E-state index in [1.165, 1.54) is 22.3 Å². The Kier molecular flexibility index (Phi) is 6.05. The number of pyridine rings is 1. The zero-order valence-corrected chi connectivity index (χ0v) is 29.0. The summed E-state index contributed by atoms with van der Waals surface area (Å²) >= 11 is 0. The van der Waals surface area contributed by atoms with Gasteiger partial charge >= 0.3 is 0 Å². The second-order valence-corrected chi connectivity index (χ2v) is 14.2. The molecule has 0 N–H and O–H groups in total. The highest BCUT2D eigenvalue weighted by Gasteiger charge is 2.26. The number of benzene rings is 8. The van der Waals surface area contributed by atoms with Gasteiger partial charge in [-0.1, -0.05) is 140 Å². The zero-order valence-electron chi connectivity index (χ0n) is 29.0. The highest BCUT2D eigenvalue weighted by atomic mass is 16.3. The maximum Gasteiger partial charge on any atom is 0.143 e. The number of aromatic nitrogens is 1. The number of rotatable bonds is 2. The Bertz CT molecular complexity index is 3340. The minimum Gasteiger partial charge on any atom is -0.455 e. The zero-order chi connectivity index (χ0) is 35.3. The molecule has 0 radical (unpaired) electrons. The quantitative estimate of drug-likeness (QED) is 0.182. The molecule has 0 amide bonds. The molecule has 8 aromatic carbocycles. The van der Waals surface area contributed by atoms with Crippen LogP contribution in [0.1, 0.15) is 0 Å².